The fourth-order valence-electron chi connectivity index (χ4n) is 1.29. The number of hydrogen-bond acceptors (Lipinski definition) is 3. The molecule has 1 aliphatic rings. The molecule has 1 saturated heterocycles. The Morgan fingerprint density at radius 3 is 2.92 bits per heavy atom. The molecule has 0 unspecified atom stereocenters. The van der Waals surface area contributed by atoms with E-state index in [1.54, 1.807) is 7.28 Å². The summed E-state index contributed by atoms with van der Waals surface area (Å²) in [5, 5.41) is 18.2. The van der Waals surface area contributed by atoms with E-state index in [1.165, 1.54) is 0 Å². The lowest BCUT2D eigenvalue weighted by atomic mass is 9.71. The maximum atomic E-state index is 9.36. The summed E-state index contributed by atoms with van der Waals surface area (Å²) in [6.07, 6.45) is 0.345. The van der Waals surface area contributed by atoms with E-state index in [-0.39, 0.29) is 12.6 Å². The molecule has 0 aromatic carbocycles. The summed E-state index contributed by atoms with van der Waals surface area (Å²) in [6.45, 7) is 1.84. The van der Waals surface area contributed by atoms with Gasteiger partial charge in [0.25, 0.3) is 7.28 Å². The Morgan fingerprint density at radius 2 is 2.38 bits per heavy atom. The molecule has 2 N–H and O–H groups in total. The van der Waals surface area contributed by atoms with Crippen LogP contribution in [0.3, 0.4) is 0 Å². The third-order valence-corrected chi connectivity index (χ3v) is 1.98. The molecular weight excluding hydrogens is 167 g/mol. The van der Waals surface area contributed by atoms with Gasteiger partial charge in [-0.2, -0.15) is 5.82 Å². The minimum atomic E-state index is -0.560. The Kier molecular flexibility index (Phi) is 4.30. The molecule has 4 heteroatoms. The second-order valence-electron chi connectivity index (χ2n) is 3.04. The SMILES string of the molecule is CCC#C[B][C@H]1C[C@@H](O)[C@@H](CO)O1. The fourth-order valence-corrected chi connectivity index (χ4v) is 1.29. The van der Waals surface area contributed by atoms with Gasteiger partial charge in [-0.05, 0) is 6.42 Å². The molecule has 1 rings (SSSR count). The first-order valence-corrected chi connectivity index (χ1v) is 4.54. The van der Waals surface area contributed by atoms with Gasteiger partial charge in [-0.15, -0.1) is 5.92 Å². The summed E-state index contributed by atoms with van der Waals surface area (Å²) in [7, 11) is 1.74. The van der Waals surface area contributed by atoms with E-state index in [2.05, 4.69) is 11.7 Å². The van der Waals surface area contributed by atoms with E-state index < -0.39 is 12.2 Å². The fraction of sp³-hybridized carbons (Fsp3) is 0.778. The van der Waals surface area contributed by atoms with Gasteiger partial charge in [0.1, 0.15) is 6.10 Å². The highest BCUT2D eigenvalue weighted by Gasteiger charge is 2.32. The number of hydrogen-bond donors (Lipinski definition) is 2. The van der Waals surface area contributed by atoms with Crippen LogP contribution in [0.2, 0.25) is 0 Å². The van der Waals surface area contributed by atoms with Crippen molar-refractivity contribution < 1.29 is 14.9 Å². The van der Waals surface area contributed by atoms with Gasteiger partial charge in [-0.3, -0.25) is 0 Å². The van der Waals surface area contributed by atoms with Crippen molar-refractivity contribution in [1.29, 1.82) is 0 Å². The van der Waals surface area contributed by atoms with E-state index in [0.717, 1.165) is 6.42 Å². The Bertz CT molecular complexity index is 209. The lowest BCUT2D eigenvalue weighted by Crippen LogP contribution is -2.24. The van der Waals surface area contributed by atoms with Crippen molar-refractivity contribution in [3.63, 3.8) is 0 Å². The molecule has 0 aromatic rings. The minimum absolute atomic E-state index is 0.132. The van der Waals surface area contributed by atoms with Crippen LogP contribution in [0.15, 0.2) is 0 Å². The first-order chi connectivity index (χ1) is 6.27. The van der Waals surface area contributed by atoms with Gasteiger partial charge in [0.2, 0.25) is 0 Å². The third kappa shape index (κ3) is 3.04. The first-order valence-electron chi connectivity index (χ1n) is 4.54. The maximum Gasteiger partial charge on any atom is 0.251 e. The molecule has 0 saturated carbocycles. The molecule has 0 bridgehead atoms. The van der Waals surface area contributed by atoms with Crippen molar-refractivity contribution in [2.45, 2.75) is 38.0 Å². The molecular formula is C9H14BO3. The number of aliphatic hydroxyl groups excluding tert-OH is 2. The maximum absolute atomic E-state index is 9.36. The molecule has 0 amide bonds. The zero-order chi connectivity index (χ0) is 9.68. The van der Waals surface area contributed by atoms with Crippen LogP contribution in [0.25, 0.3) is 0 Å². The van der Waals surface area contributed by atoms with Crippen LogP contribution in [0, 0.1) is 11.7 Å². The molecule has 71 valence electrons. The normalized spacial score (nSPS) is 32.4. The number of rotatable bonds is 2. The second-order valence-corrected chi connectivity index (χ2v) is 3.04. The van der Waals surface area contributed by atoms with Crippen LogP contribution in [-0.2, 0) is 4.74 Å². The Morgan fingerprint density at radius 1 is 1.62 bits per heavy atom. The summed E-state index contributed by atoms with van der Waals surface area (Å²) in [5.74, 6) is 5.74. The second kappa shape index (κ2) is 5.28. The first kappa shape index (κ1) is 10.6. The summed E-state index contributed by atoms with van der Waals surface area (Å²) < 4.78 is 5.31. The number of ether oxygens (including phenoxy) is 1. The summed E-state index contributed by atoms with van der Waals surface area (Å²) in [4.78, 5) is 0. The van der Waals surface area contributed by atoms with Crippen molar-refractivity contribution >= 4 is 7.28 Å². The average molecular weight is 181 g/mol. The topological polar surface area (TPSA) is 49.7 Å². The van der Waals surface area contributed by atoms with E-state index >= 15 is 0 Å². The van der Waals surface area contributed by atoms with Gasteiger partial charge >= 0.3 is 0 Å². The van der Waals surface area contributed by atoms with Gasteiger partial charge in [-0.25, -0.2) is 0 Å². The van der Waals surface area contributed by atoms with Crippen LogP contribution < -0.4 is 0 Å². The summed E-state index contributed by atoms with van der Waals surface area (Å²) in [5.41, 5.74) is 0. The van der Waals surface area contributed by atoms with Gasteiger partial charge in [-0.1, -0.05) is 6.92 Å². The zero-order valence-corrected chi connectivity index (χ0v) is 7.73. The predicted molar refractivity (Wildman–Crippen MR) is 50.2 cm³/mol. The van der Waals surface area contributed by atoms with Crippen LogP contribution in [0.4, 0.5) is 0 Å². The molecule has 1 fully saturated rings. The average Bonchev–Trinajstić information content (AvgIpc) is 2.47. The molecule has 13 heavy (non-hydrogen) atoms. The molecule has 1 radical (unpaired) electrons. The van der Waals surface area contributed by atoms with E-state index in [0.29, 0.717) is 6.42 Å². The summed E-state index contributed by atoms with van der Waals surface area (Å²) >= 11 is 0. The molecule has 1 heterocycles. The van der Waals surface area contributed by atoms with Crippen LogP contribution in [0.1, 0.15) is 19.8 Å². The van der Waals surface area contributed by atoms with Crippen molar-refractivity contribution in [2.24, 2.45) is 0 Å². The van der Waals surface area contributed by atoms with Crippen LogP contribution in [-0.4, -0.2) is 42.3 Å². The predicted octanol–water partition coefficient (Wildman–Crippen LogP) is -0.470. The zero-order valence-electron chi connectivity index (χ0n) is 7.73. The van der Waals surface area contributed by atoms with E-state index in [1.807, 2.05) is 6.92 Å². The minimum Gasteiger partial charge on any atom is -0.394 e. The Hall–Kier alpha value is -0.495. The standard InChI is InChI=1S/C9H14BO3/c1-2-3-4-10-9-5-7(12)8(6-11)13-9/h7-9,11-12H,2,5-6H2,1H3/t7-,8-,9-/m1/s1. The lowest BCUT2D eigenvalue weighted by Gasteiger charge is -2.09. The summed E-state index contributed by atoms with van der Waals surface area (Å²) in [6, 6.07) is -0.133. The van der Waals surface area contributed by atoms with Crippen molar-refractivity contribution in [2.75, 3.05) is 6.61 Å². The van der Waals surface area contributed by atoms with E-state index in [9.17, 15) is 5.11 Å². The van der Waals surface area contributed by atoms with Crippen molar-refractivity contribution in [1.82, 2.24) is 0 Å². The lowest BCUT2D eigenvalue weighted by molar-refractivity contribution is -0.00448. The van der Waals surface area contributed by atoms with Gasteiger partial charge in [0.15, 0.2) is 0 Å². The van der Waals surface area contributed by atoms with Crippen molar-refractivity contribution in [3.05, 3.63) is 0 Å². The van der Waals surface area contributed by atoms with Crippen LogP contribution in [0.5, 0.6) is 0 Å². The van der Waals surface area contributed by atoms with Gasteiger partial charge < -0.3 is 14.9 Å². The quantitative estimate of drug-likeness (QED) is 0.447. The Balaban J connectivity index is 2.31. The molecule has 3 nitrogen and oxygen atoms in total. The largest absolute Gasteiger partial charge is 0.394 e. The van der Waals surface area contributed by atoms with Crippen LogP contribution >= 0.6 is 0 Å². The molecule has 3 atom stereocenters. The van der Waals surface area contributed by atoms with E-state index in [4.69, 9.17) is 9.84 Å². The Labute approximate surface area is 79.3 Å². The highest BCUT2D eigenvalue weighted by Crippen LogP contribution is 2.18. The van der Waals surface area contributed by atoms with Crippen molar-refractivity contribution in [3.8, 4) is 11.7 Å². The van der Waals surface area contributed by atoms with Gasteiger partial charge in [0.05, 0.1) is 12.7 Å². The third-order valence-electron chi connectivity index (χ3n) is 1.98. The molecule has 1 aliphatic heterocycles. The number of aliphatic hydroxyl groups is 2. The monoisotopic (exact) mass is 181 g/mol. The molecule has 0 aliphatic carbocycles. The highest BCUT2D eigenvalue weighted by atomic mass is 16.5. The molecule has 0 spiro atoms. The highest BCUT2D eigenvalue weighted by molar-refractivity contribution is 6.47. The smallest absolute Gasteiger partial charge is 0.251 e. The van der Waals surface area contributed by atoms with Gasteiger partial charge in [0, 0.05) is 12.4 Å². The molecule has 0 aromatic heterocycles.